The Labute approximate surface area is 515 Å². The molecule has 6 aromatic heterocycles. The van der Waals surface area contributed by atoms with Crippen LogP contribution in [0.3, 0.4) is 0 Å². The number of carbonyl (C=O) groups is 2. The molecule has 8 aromatic rings. The van der Waals surface area contributed by atoms with E-state index in [-0.39, 0.29) is 47.9 Å². The molecular formula is C66H69ClN10O11. The molecule has 4 bridgehead atoms. The third kappa shape index (κ3) is 13.0. The average molecular weight is 1210 g/mol. The number of ether oxygens (including phenoxy) is 6. The molecule has 4 unspecified atom stereocenters. The fourth-order valence-corrected chi connectivity index (χ4v) is 12.5. The van der Waals surface area contributed by atoms with Crippen molar-refractivity contribution in [2.75, 3.05) is 80.9 Å². The van der Waals surface area contributed by atoms with Crippen LogP contribution in [0.15, 0.2) is 106 Å². The molecule has 88 heavy (non-hydrogen) atoms. The van der Waals surface area contributed by atoms with Crippen molar-refractivity contribution in [3.63, 3.8) is 0 Å². The number of hydrogen-bond donors (Lipinski definition) is 2. The van der Waals surface area contributed by atoms with Gasteiger partial charge in [-0.2, -0.15) is 10.5 Å². The summed E-state index contributed by atoms with van der Waals surface area (Å²) in [5, 5.41) is 32.4. The number of rotatable bonds is 12. The Morgan fingerprint density at radius 1 is 0.591 bits per heavy atom. The summed E-state index contributed by atoms with van der Waals surface area (Å²) in [5.41, 5.74) is 7.67. The lowest BCUT2D eigenvalue weighted by atomic mass is 9.91. The standard InChI is InChI=1S/C33H33N5O5.C26H21N3O6.C7H14N2.ClH/c1-37-18-24-5-4-23(37)19-38(24)33(39)22-14-29(40-2)31(36-17-22)30-15-27-32(43-30)26(7-10-35-27)20-3-6-28(21(13-20)16-34)42-25-8-11-41-12-9-25;1-32-22-11-17(26(30)31)14-29-24(22)23-12-20-25(35-23)19(4-7-28-20)15-2-3-21(16(10-15)13-27)34-18-5-8-33-9-6-18;1-9-5-6-2-3-7(9)4-8-6;/h3,6-7,10,13-15,17,23-25H,4-5,8-9,11-12,18-19H2,1-2H3;2-4,7,10-12,14,18H,5-6,8-9H2,1H3,(H,30,31);6-8H,2-5H2,1H3;1H. The molecule has 21 nitrogen and oxygen atoms in total. The Bertz CT molecular complexity index is 3920. The van der Waals surface area contributed by atoms with Crippen molar-refractivity contribution in [2.24, 2.45) is 0 Å². The Morgan fingerprint density at radius 2 is 1.09 bits per heavy atom. The number of likely N-dealkylation sites (N-methyl/N-ethyl adjacent to an activating group) is 2. The Balaban J connectivity index is 0.000000159. The van der Waals surface area contributed by atoms with Crippen molar-refractivity contribution in [1.82, 2.24) is 40.0 Å². The summed E-state index contributed by atoms with van der Waals surface area (Å²) in [7, 11) is 7.36. The second kappa shape index (κ2) is 27.2. The van der Waals surface area contributed by atoms with Gasteiger partial charge in [-0.15, -0.1) is 12.4 Å². The van der Waals surface area contributed by atoms with Crippen LogP contribution < -0.4 is 24.3 Å². The number of aromatic nitrogens is 4. The van der Waals surface area contributed by atoms with Gasteiger partial charge in [-0.3, -0.25) is 19.7 Å². The molecular weight excluding hydrogens is 1140 g/mol. The minimum atomic E-state index is -1.10. The molecule has 8 fully saturated rings. The largest absolute Gasteiger partial charge is 0.494 e. The number of nitriles is 2. The fourth-order valence-electron chi connectivity index (χ4n) is 12.5. The maximum absolute atomic E-state index is 13.5. The van der Waals surface area contributed by atoms with E-state index in [0.717, 1.165) is 86.0 Å². The quantitative estimate of drug-likeness (QED) is 0.115. The number of benzene rings is 2. The summed E-state index contributed by atoms with van der Waals surface area (Å²) in [6, 6.07) is 28.2. The van der Waals surface area contributed by atoms with Crippen molar-refractivity contribution in [3.05, 3.63) is 120 Å². The van der Waals surface area contributed by atoms with Gasteiger partial charge in [0.25, 0.3) is 5.91 Å². The molecule has 456 valence electrons. The first-order valence-corrected chi connectivity index (χ1v) is 29.6. The second-order valence-electron chi connectivity index (χ2n) is 22.8. The van der Waals surface area contributed by atoms with E-state index in [2.05, 4.69) is 61.3 Å². The van der Waals surface area contributed by atoms with Gasteiger partial charge >= 0.3 is 5.97 Å². The molecule has 22 heteroatoms. The number of carboxylic acid groups (broad SMARTS) is 1. The lowest BCUT2D eigenvalue weighted by Crippen LogP contribution is -2.62. The summed E-state index contributed by atoms with van der Waals surface area (Å²) < 4.78 is 46.5. The zero-order valence-electron chi connectivity index (χ0n) is 49.5. The lowest BCUT2D eigenvalue weighted by Gasteiger charge is -2.50. The molecule has 1 amide bonds. The molecule has 8 aliphatic rings. The van der Waals surface area contributed by atoms with E-state index in [9.17, 15) is 25.2 Å². The number of piperazine rings is 2. The number of fused-ring (bicyclic) bond motifs is 8. The van der Waals surface area contributed by atoms with E-state index >= 15 is 0 Å². The van der Waals surface area contributed by atoms with Crippen LogP contribution in [-0.4, -0.2) is 169 Å². The highest BCUT2D eigenvalue weighted by Gasteiger charge is 2.40. The molecule has 8 aliphatic heterocycles. The summed E-state index contributed by atoms with van der Waals surface area (Å²) in [6.07, 6.45) is 14.4. The molecule has 0 radical (unpaired) electrons. The highest BCUT2D eigenvalue weighted by Crippen LogP contribution is 2.41. The van der Waals surface area contributed by atoms with Crippen molar-refractivity contribution in [1.29, 1.82) is 10.5 Å². The third-order valence-corrected chi connectivity index (χ3v) is 17.4. The molecule has 14 heterocycles. The molecule has 0 saturated carbocycles. The predicted octanol–water partition coefficient (Wildman–Crippen LogP) is 10.1. The number of furan rings is 2. The number of aromatic carboxylic acids is 1. The van der Waals surface area contributed by atoms with E-state index in [1.54, 1.807) is 50.0 Å². The maximum atomic E-state index is 13.5. The fraction of sp³-hybridized carbons (Fsp3) is 0.394. The minimum Gasteiger partial charge on any atom is -0.494 e. The predicted molar refractivity (Wildman–Crippen MR) is 329 cm³/mol. The third-order valence-electron chi connectivity index (χ3n) is 17.4. The van der Waals surface area contributed by atoms with Gasteiger partial charge in [0, 0.05) is 124 Å². The van der Waals surface area contributed by atoms with Crippen molar-refractivity contribution < 1.29 is 52.0 Å². The first-order chi connectivity index (χ1) is 42.4. The van der Waals surface area contributed by atoms with Gasteiger partial charge in [-0.25, -0.2) is 14.8 Å². The summed E-state index contributed by atoms with van der Waals surface area (Å²) in [4.78, 5) is 49.3. The number of pyridine rings is 4. The van der Waals surface area contributed by atoms with Crippen molar-refractivity contribution >= 4 is 46.5 Å². The normalized spacial score (nSPS) is 20.1. The van der Waals surface area contributed by atoms with Crippen LogP contribution in [0, 0.1) is 22.7 Å². The second-order valence-corrected chi connectivity index (χ2v) is 22.8. The molecule has 0 aliphatic carbocycles. The highest BCUT2D eigenvalue weighted by atomic mass is 35.5. The van der Waals surface area contributed by atoms with E-state index < -0.39 is 5.97 Å². The lowest BCUT2D eigenvalue weighted by molar-refractivity contribution is -0.000141. The maximum Gasteiger partial charge on any atom is 0.337 e. The molecule has 2 N–H and O–H groups in total. The summed E-state index contributed by atoms with van der Waals surface area (Å²) >= 11 is 0. The van der Waals surface area contributed by atoms with Crippen LogP contribution >= 0.6 is 12.4 Å². The number of nitrogens with one attached hydrogen (secondary N) is 1. The van der Waals surface area contributed by atoms with E-state index in [1.165, 1.54) is 45.3 Å². The number of amides is 1. The number of hydrogen-bond acceptors (Lipinski definition) is 19. The minimum absolute atomic E-state index is 0. The zero-order chi connectivity index (χ0) is 60.1. The SMILES string of the molecule is CN1CC2CCC1CN2.COc1cc(C(=O)N2CC3CCC2CN3C)cnc1-c1cc2nccc(-c3ccc(OC4CCOCC4)c(C#N)c3)c2o1.COc1cc(C(=O)O)cnc1-c1cc2nccc(-c3ccc(OC4CCOCC4)c(C#N)c3)c2o1.Cl. The Morgan fingerprint density at radius 3 is 1.51 bits per heavy atom. The number of methoxy groups -OCH3 is 2. The van der Waals surface area contributed by atoms with Gasteiger partial charge in [0.2, 0.25) is 0 Å². The van der Waals surface area contributed by atoms with Crippen LogP contribution in [-0.2, 0) is 9.47 Å². The number of halogens is 1. The topological polar surface area (TPSA) is 257 Å². The van der Waals surface area contributed by atoms with E-state index in [1.807, 2.05) is 47.4 Å². The van der Waals surface area contributed by atoms with Crippen LogP contribution in [0.25, 0.3) is 67.4 Å². The van der Waals surface area contributed by atoms with Crippen LogP contribution in [0.5, 0.6) is 23.0 Å². The molecule has 0 spiro atoms. The van der Waals surface area contributed by atoms with E-state index in [0.29, 0.717) is 112 Å². The number of nitrogens with zero attached hydrogens (tertiary/aromatic N) is 9. The first kappa shape index (κ1) is 61.0. The molecule has 16 rings (SSSR count). The van der Waals surface area contributed by atoms with Gasteiger partial charge in [0.05, 0.1) is 62.9 Å². The number of piperidine rings is 4. The smallest absolute Gasteiger partial charge is 0.337 e. The molecule has 8 saturated heterocycles. The van der Waals surface area contributed by atoms with Gasteiger partial charge < -0.3 is 57.5 Å². The zero-order valence-corrected chi connectivity index (χ0v) is 50.3. The first-order valence-electron chi connectivity index (χ1n) is 29.6. The van der Waals surface area contributed by atoms with Crippen LogP contribution in [0.2, 0.25) is 0 Å². The number of carboxylic acids is 1. The monoisotopic (exact) mass is 1210 g/mol. The van der Waals surface area contributed by atoms with Crippen molar-refractivity contribution in [3.8, 4) is 80.3 Å². The average Bonchev–Trinajstić information content (AvgIpc) is 2.02. The van der Waals surface area contributed by atoms with Gasteiger partial charge in [0.1, 0.15) is 69.8 Å². The van der Waals surface area contributed by atoms with Crippen LogP contribution in [0.4, 0.5) is 0 Å². The number of carbonyl (C=O) groups excluding carboxylic acids is 1. The highest BCUT2D eigenvalue weighted by molar-refractivity contribution is 5.97. The summed E-state index contributed by atoms with van der Waals surface area (Å²) in [5.74, 6) is 1.56. The molecule has 2 aromatic carbocycles. The van der Waals surface area contributed by atoms with Crippen molar-refractivity contribution in [2.45, 2.75) is 87.7 Å². The van der Waals surface area contributed by atoms with Gasteiger partial charge in [-0.05, 0) is 99.4 Å². The Hall–Kier alpha value is -8.67. The molecule has 4 atom stereocenters. The van der Waals surface area contributed by atoms with E-state index in [4.69, 9.17) is 37.3 Å². The summed E-state index contributed by atoms with van der Waals surface area (Å²) in [6.45, 7) is 6.75. The van der Waals surface area contributed by atoms with Gasteiger partial charge in [0.15, 0.2) is 22.7 Å². The van der Waals surface area contributed by atoms with Gasteiger partial charge in [-0.1, -0.05) is 12.1 Å². The van der Waals surface area contributed by atoms with Crippen LogP contribution in [0.1, 0.15) is 83.2 Å². The Kier molecular flexibility index (Phi) is 18.8.